The van der Waals surface area contributed by atoms with Crippen LogP contribution in [0.15, 0.2) is 36.0 Å². The summed E-state index contributed by atoms with van der Waals surface area (Å²) in [5, 5.41) is 23.5. The SMILES string of the molecule is C#CCn1cc(/C=C(\C#N)C(=O)Nc2sc3c(c2C#N)CCCC3)c2ccccc21. The van der Waals surface area contributed by atoms with Gasteiger partial charge in [-0.25, -0.2) is 0 Å². The number of nitriles is 2. The summed E-state index contributed by atoms with van der Waals surface area (Å²) in [6.45, 7) is 0.398. The van der Waals surface area contributed by atoms with Crippen molar-refractivity contribution in [1.29, 1.82) is 10.5 Å². The predicted molar refractivity (Wildman–Crippen MR) is 119 cm³/mol. The number of amides is 1. The highest BCUT2D eigenvalue weighted by atomic mass is 32.1. The van der Waals surface area contributed by atoms with Crippen molar-refractivity contribution in [3.05, 3.63) is 57.6 Å². The number of hydrogen-bond donors (Lipinski definition) is 1. The number of terminal acetylenes is 1. The second-order valence-electron chi connectivity index (χ2n) is 7.08. The largest absolute Gasteiger partial charge is 0.335 e. The zero-order valence-electron chi connectivity index (χ0n) is 16.2. The monoisotopic (exact) mass is 410 g/mol. The number of rotatable bonds is 4. The quantitative estimate of drug-likeness (QED) is 0.387. The molecule has 1 amide bonds. The number of fused-ring (bicyclic) bond motifs is 2. The lowest BCUT2D eigenvalue weighted by Crippen LogP contribution is -2.13. The molecule has 30 heavy (non-hydrogen) atoms. The Kier molecular flexibility index (Phi) is 5.40. The molecule has 0 saturated heterocycles. The molecule has 0 saturated carbocycles. The van der Waals surface area contributed by atoms with E-state index in [1.807, 2.05) is 41.1 Å². The first kappa shape index (κ1) is 19.5. The first-order valence-electron chi connectivity index (χ1n) is 9.65. The molecule has 0 bridgehead atoms. The Morgan fingerprint density at radius 2 is 2.07 bits per heavy atom. The number of nitrogens with zero attached hydrogens (tertiary/aromatic N) is 3. The lowest BCUT2D eigenvalue weighted by molar-refractivity contribution is -0.112. The Hall–Kier alpha value is -3.79. The molecule has 5 nitrogen and oxygen atoms in total. The van der Waals surface area contributed by atoms with Crippen molar-refractivity contribution >= 4 is 39.2 Å². The first-order chi connectivity index (χ1) is 14.7. The minimum absolute atomic E-state index is 0.0196. The fourth-order valence-corrected chi connectivity index (χ4v) is 5.10. The second-order valence-corrected chi connectivity index (χ2v) is 8.19. The molecular weight excluding hydrogens is 392 g/mol. The molecule has 4 rings (SSSR count). The lowest BCUT2D eigenvalue weighted by Gasteiger charge is -2.09. The van der Waals surface area contributed by atoms with Crippen molar-refractivity contribution in [2.75, 3.05) is 5.32 Å². The summed E-state index contributed by atoms with van der Waals surface area (Å²) in [6.07, 6.45) is 12.8. The summed E-state index contributed by atoms with van der Waals surface area (Å²) >= 11 is 1.44. The van der Waals surface area contributed by atoms with E-state index in [4.69, 9.17) is 6.42 Å². The van der Waals surface area contributed by atoms with Crippen molar-refractivity contribution in [3.8, 4) is 24.5 Å². The molecular formula is C24H18N4OS. The van der Waals surface area contributed by atoms with Crippen LogP contribution in [0.1, 0.15) is 34.4 Å². The standard InChI is InChI=1S/C24H18N4OS/c1-2-11-28-15-17(18-7-3-5-9-21(18)28)12-16(13-25)23(29)27-24-20(14-26)19-8-4-6-10-22(19)30-24/h1,3,5,7,9,12,15H,4,6,8,10-11H2,(H,27,29)/b16-12+. The van der Waals surface area contributed by atoms with Gasteiger partial charge in [0.2, 0.25) is 0 Å². The van der Waals surface area contributed by atoms with Gasteiger partial charge in [-0.15, -0.1) is 17.8 Å². The Labute approximate surface area is 178 Å². The normalized spacial score (nSPS) is 13.2. The van der Waals surface area contributed by atoms with Gasteiger partial charge >= 0.3 is 0 Å². The van der Waals surface area contributed by atoms with Gasteiger partial charge in [0, 0.05) is 27.5 Å². The maximum Gasteiger partial charge on any atom is 0.266 e. The van der Waals surface area contributed by atoms with Gasteiger partial charge in [0.1, 0.15) is 22.7 Å². The lowest BCUT2D eigenvalue weighted by atomic mass is 9.96. The number of benzene rings is 1. The molecule has 2 heterocycles. The van der Waals surface area contributed by atoms with Gasteiger partial charge < -0.3 is 9.88 Å². The molecule has 1 aliphatic carbocycles. The molecule has 1 aromatic carbocycles. The maximum atomic E-state index is 12.9. The van der Waals surface area contributed by atoms with Crippen molar-refractivity contribution in [2.24, 2.45) is 0 Å². The van der Waals surface area contributed by atoms with E-state index in [0.717, 1.165) is 52.6 Å². The van der Waals surface area contributed by atoms with Crippen LogP contribution in [-0.2, 0) is 24.2 Å². The Morgan fingerprint density at radius 3 is 2.83 bits per heavy atom. The van der Waals surface area contributed by atoms with E-state index >= 15 is 0 Å². The van der Waals surface area contributed by atoms with Crippen LogP contribution in [0.3, 0.4) is 0 Å². The Bertz CT molecular complexity index is 1300. The average Bonchev–Trinajstić information content (AvgIpc) is 3.29. The average molecular weight is 411 g/mol. The highest BCUT2D eigenvalue weighted by Crippen LogP contribution is 2.37. The van der Waals surface area contributed by atoms with Crippen molar-refractivity contribution in [3.63, 3.8) is 0 Å². The van der Waals surface area contributed by atoms with Crippen LogP contribution in [0.5, 0.6) is 0 Å². The summed E-state index contributed by atoms with van der Waals surface area (Å²) < 4.78 is 1.91. The molecule has 2 aromatic heterocycles. The van der Waals surface area contributed by atoms with Gasteiger partial charge in [0.25, 0.3) is 5.91 Å². The summed E-state index contributed by atoms with van der Waals surface area (Å²) in [4.78, 5) is 14.0. The van der Waals surface area contributed by atoms with Gasteiger partial charge in [-0.2, -0.15) is 10.5 Å². The molecule has 6 heteroatoms. The third-order valence-corrected chi connectivity index (χ3v) is 6.46. The zero-order chi connectivity index (χ0) is 21.1. The zero-order valence-corrected chi connectivity index (χ0v) is 17.1. The van der Waals surface area contributed by atoms with Crippen molar-refractivity contribution in [2.45, 2.75) is 32.2 Å². The van der Waals surface area contributed by atoms with Gasteiger partial charge in [-0.05, 0) is 43.4 Å². The summed E-state index contributed by atoms with van der Waals surface area (Å²) in [5.41, 5.74) is 3.25. The number of aromatic nitrogens is 1. The first-order valence-corrected chi connectivity index (χ1v) is 10.5. The van der Waals surface area contributed by atoms with Crippen LogP contribution in [0.2, 0.25) is 0 Å². The molecule has 3 aromatic rings. The molecule has 146 valence electrons. The highest BCUT2D eigenvalue weighted by Gasteiger charge is 2.23. The smallest absolute Gasteiger partial charge is 0.266 e. The molecule has 0 aliphatic heterocycles. The topological polar surface area (TPSA) is 81.6 Å². The number of nitrogens with one attached hydrogen (secondary N) is 1. The highest BCUT2D eigenvalue weighted by molar-refractivity contribution is 7.16. The van der Waals surface area contributed by atoms with Crippen LogP contribution in [0.25, 0.3) is 17.0 Å². The van der Waals surface area contributed by atoms with Gasteiger partial charge in [0.15, 0.2) is 0 Å². The molecule has 0 atom stereocenters. The van der Waals surface area contributed by atoms with E-state index in [1.165, 1.54) is 11.3 Å². The second kappa shape index (κ2) is 8.29. The number of hydrogen-bond acceptors (Lipinski definition) is 4. The van der Waals surface area contributed by atoms with E-state index < -0.39 is 5.91 Å². The van der Waals surface area contributed by atoms with Gasteiger partial charge in [-0.1, -0.05) is 24.1 Å². The molecule has 1 N–H and O–H groups in total. The van der Waals surface area contributed by atoms with Crippen molar-refractivity contribution in [1.82, 2.24) is 4.57 Å². The third-order valence-electron chi connectivity index (χ3n) is 5.26. The summed E-state index contributed by atoms with van der Waals surface area (Å²) in [7, 11) is 0. The number of aryl methyl sites for hydroxylation is 1. The summed E-state index contributed by atoms with van der Waals surface area (Å²) in [5.74, 6) is 2.10. The minimum atomic E-state index is -0.513. The molecule has 0 radical (unpaired) electrons. The van der Waals surface area contributed by atoms with E-state index in [9.17, 15) is 15.3 Å². The van der Waals surface area contributed by atoms with Gasteiger partial charge in [0.05, 0.1) is 12.1 Å². The number of anilines is 1. The number of para-hydroxylation sites is 1. The van der Waals surface area contributed by atoms with Crippen LogP contribution in [0, 0.1) is 35.0 Å². The van der Waals surface area contributed by atoms with Crippen LogP contribution < -0.4 is 5.32 Å². The fraction of sp³-hybridized carbons (Fsp3) is 0.208. The van der Waals surface area contributed by atoms with Crippen LogP contribution in [-0.4, -0.2) is 10.5 Å². The van der Waals surface area contributed by atoms with Crippen LogP contribution >= 0.6 is 11.3 Å². The van der Waals surface area contributed by atoms with Crippen molar-refractivity contribution < 1.29 is 4.79 Å². The number of thiophene rings is 1. The Balaban J connectivity index is 1.68. The Morgan fingerprint density at radius 1 is 1.27 bits per heavy atom. The summed E-state index contributed by atoms with van der Waals surface area (Å²) in [6, 6.07) is 11.9. The molecule has 0 spiro atoms. The van der Waals surface area contributed by atoms with E-state index in [-0.39, 0.29) is 5.57 Å². The molecule has 1 aliphatic rings. The number of carbonyl (C=O) groups is 1. The molecule has 0 fully saturated rings. The van der Waals surface area contributed by atoms with E-state index in [0.29, 0.717) is 17.1 Å². The van der Waals surface area contributed by atoms with Gasteiger partial charge in [-0.3, -0.25) is 4.79 Å². The van der Waals surface area contributed by atoms with Crippen LogP contribution in [0.4, 0.5) is 5.00 Å². The maximum absolute atomic E-state index is 12.9. The minimum Gasteiger partial charge on any atom is -0.335 e. The molecule has 0 unspecified atom stereocenters. The third kappa shape index (κ3) is 3.48. The fourth-order valence-electron chi connectivity index (χ4n) is 3.87. The van der Waals surface area contributed by atoms with E-state index in [1.54, 1.807) is 6.08 Å². The number of carbonyl (C=O) groups excluding carboxylic acids is 1. The predicted octanol–water partition coefficient (Wildman–Crippen LogP) is 4.63. The van der Waals surface area contributed by atoms with E-state index in [2.05, 4.69) is 17.3 Å².